The van der Waals surface area contributed by atoms with E-state index in [4.69, 9.17) is 4.42 Å². The average Bonchev–Trinajstić information content (AvgIpc) is 3.24. The SMILES string of the molecule is Cc1ccc(CC[C@@H](C)NC(=O)N2CCC[C@@H](c3nccs3)C2)o1. The molecule has 0 radical (unpaired) electrons. The number of hydrogen-bond donors (Lipinski definition) is 1. The van der Waals surface area contributed by atoms with E-state index in [-0.39, 0.29) is 12.1 Å². The Labute approximate surface area is 147 Å². The van der Waals surface area contributed by atoms with E-state index in [0.717, 1.165) is 55.3 Å². The molecule has 0 saturated carbocycles. The fraction of sp³-hybridized carbons (Fsp3) is 0.556. The van der Waals surface area contributed by atoms with Crippen LogP contribution in [0.2, 0.25) is 0 Å². The van der Waals surface area contributed by atoms with E-state index in [2.05, 4.69) is 17.2 Å². The number of piperidine rings is 1. The molecule has 0 aliphatic carbocycles. The van der Waals surface area contributed by atoms with Gasteiger partial charge in [0.05, 0.1) is 5.01 Å². The van der Waals surface area contributed by atoms with E-state index in [1.54, 1.807) is 11.3 Å². The Kier molecular flexibility index (Phi) is 5.56. The number of rotatable bonds is 5. The third-order valence-electron chi connectivity index (χ3n) is 4.50. The summed E-state index contributed by atoms with van der Waals surface area (Å²) < 4.78 is 5.58. The van der Waals surface area contributed by atoms with Gasteiger partial charge in [-0.3, -0.25) is 0 Å². The second kappa shape index (κ2) is 7.83. The molecule has 3 heterocycles. The number of aryl methyl sites for hydroxylation is 2. The predicted molar refractivity (Wildman–Crippen MR) is 95.4 cm³/mol. The largest absolute Gasteiger partial charge is 0.466 e. The lowest BCUT2D eigenvalue weighted by molar-refractivity contribution is 0.176. The quantitative estimate of drug-likeness (QED) is 0.891. The van der Waals surface area contributed by atoms with Crippen molar-refractivity contribution in [2.75, 3.05) is 13.1 Å². The van der Waals surface area contributed by atoms with Gasteiger partial charge >= 0.3 is 6.03 Å². The first-order chi connectivity index (χ1) is 11.6. The van der Waals surface area contributed by atoms with Gasteiger partial charge in [-0.2, -0.15) is 0 Å². The molecule has 5 nitrogen and oxygen atoms in total. The van der Waals surface area contributed by atoms with Crippen LogP contribution in [0.4, 0.5) is 4.79 Å². The summed E-state index contributed by atoms with van der Waals surface area (Å²) in [6, 6.07) is 4.15. The van der Waals surface area contributed by atoms with Gasteiger partial charge in [-0.15, -0.1) is 11.3 Å². The van der Waals surface area contributed by atoms with Crippen molar-refractivity contribution < 1.29 is 9.21 Å². The van der Waals surface area contributed by atoms with Crippen LogP contribution in [0, 0.1) is 6.92 Å². The molecule has 0 unspecified atom stereocenters. The number of thiazole rings is 1. The summed E-state index contributed by atoms with van der Waals surface area (Å²) in [5.41, 5.74) is 0. The predicted octanol–water partition coefficient (Wildman–Crippen LogP) is 3.95. The highest BCUT2D eigenvalue weighted by Crippen LogP contribution is 2.28. The molecule has 1 N–H and O–H groups in total. The van der Waals surface area contributed by atoms with Crippen LogP contribution in [0.3, 0.4) is 0 Å². The van der Waals surface area contributed by atoms with Gasteiger partial charge in [0.15, 0.2) is 0 Å². The third kappa shape index (κ3) is 4.38. The minimum absolute atomic E-state index is 0.0411. The Morgan fingerprint density at radius 3 is 3.12 bits per heavy atom. The molecule has 1 saturated heterocycles. The molecule has 6 heteroatoms. The van der Waals surface area contributed by atoms with Crippen LogP contribution < -0.4 is 5.32 Å². The Morgan fingerprint density at radius 2 is 2.42 bits per heavy atom. The van der Waals surface area contributed by atoms with Gasteiger partial charge in [-0.1, -0.05) is 0 Å². The zero-order chi connectivity index (χ0) is 16.9. The number of nitrogens with zero attached hydrogens (tertiary/aromatic N) is 2. The lowest BCUT2D eigenvalue weighted by Gasteiger charge is -2.32. The van der Waals surface area contributed by atoms with Crippen LogP contribution in [0.25, 0.3) is 0 Å². The lowest BCUT2D eigenvalue weighted by atomic mass is 9.99. The summed E-state index contributed by atoms with van der Waals surface area (Å²) in [4.78, 5) is 18.9. The highest BCUT2D eigenvalue weighted by atomic mass is 32.1. The average molecular weight is 347 g/mol. The summed E-state index contributed by atoms with van der Waals surface area (Å²) in [6.07, 6.45) is 5.72. The van der Waals surface area contributed by atoms with Crippen LogP contribution >= 0.6 is 11.3 Å². The molecule has 0 bridgehead atoms. The van der Waals surface area contributed by atoms with Crippen LogP contribution in [-0.4, -0.2) is 35.0 Å². The summed E-state index contributed by atoms with van der Waals surface area (Å²) in [5.74, 6) is 2.30. The van der Waals surface area contributed by atoms with Crippen LogP contribution in [-0.2, 0) is 6.42 Å². The van der Waals surface area contributed by atoms with E-state index in [9.17, 15) is 4.79 Å². The van der Waals surface area contributed by atoms with E-state index < -0.39 is 0 Å². The van der Waals surface area contributed by atoms with E-state index in [0.29, 0.717) is 5.92 Å². The Bertz CT molecular complexity index is 653. The van der Waals surface area contributed by atoms with Crippen LogP contribution in [0.1, 0.15) is 48.6 Å². The molecule has 3 rings (SSSR count). The number of hydrogen-bond acceptors (Lipinski definition) is 4. The first-order valence-corrected chi connectivity index (χ1v) is 9.50. The fourth-order valence-electron chi connectivity index (χ4n) is 3.15. The Morgan fingerprint density at radius 1 is 1.54 bits per heavy atom. The molecule has 1 aliphatic heterocycles. The molecule has 2 aromatic rings. The molecule has 2 aromatic heterocycles. The molecular weight excluding hydrogens is 322 g/mol. The molecule has 1 aliphatic rings. The zero-order valence-corrected chi connectivity index (χ0v) is 15.1. The number of amides is 2. The van der Waals surface area contributed by atoms with E-state index >= 15 is 0 Å². The maximum atomic E-state index is 12.5. The first kappa shape index (κ1) is 17.0. The van der Waals surface area contributed by atoms with Crippen molar-refractivity contribution in [1.82, 2.24) is 15.2 Å². The van der Waals surface area contributed by atoms with Gasteiger partial charge in [0.25, 0.3) is 0 Å². The molecule has 2 amide bonds. The number of nitrogens with one attached hydrogen (secondary N) is 1. The second-order valence-electron chi connectivity index (χ2n) is 6.56. The minimum Gasteiger partial charge on any atom is -0.466 e. The van der Waals surface area contributed by atoms with Crippen molar-refractivity contribution in [3.05, 3.63) is 40.2 Å². The molecule has 0 spiro atoms. The number of aromatic nitrogens is 1. The van der Waals surface area contributed by atoms with Crippen molar-refractivity contribution in [2.24, 2.45) is 0 Å². The van der Waals surface area contributed by atoms with Crippen molar-refractivity contribution >= 4 is 17.4 Å². The molecule has 1 fully saturated rings. The molecule has 24 heavy (non-hydrogen) atoms. The van der Waals surface area contributed by atoms with Gasteiger partial charge in [-0.25, -0.2) is 9.78 Å². The van der Waals surface area contributed by atoms with E-state index in [1.807, 2.05) is 35.5 Å². The number of carbonyl (C=O) groups excluding carboxylic acids is 1. The number of urea groups is 1. The minimum atomic E-state index is 0.0411. The van der Waals surface area contributed by atoms with Crippen LogP contribution in [0.5, 0.6) is 0 Å². The van der Waals surface area contributed by atoms with Crippen LogP contribution in [0.15, 0.2) is 28.1 Å². The highest BCUT2D eigenvalue weighted by Gasteiger charge is 2.26. The van der Waals surface area contributed by atoms with Crippen molar-refractivity contribution in [2.45, 2.75) is 51.5 Å². The summed E-state index contributed by atoms with van der Waals surface area (Å²) in [7, 11) is 0. The van der Waals surface area contributed by atoms with Crippen molar-refractivity contribution in [1.29, 1.82) is 0 Å². The first-order valence-electron chi connectivity index (χ1n) is 8.62. The number of furan rings is 1. The Hall–Kier alpha value is -1.82. The summed E-state index contributed by atoms with van der Waals surface area (Å²) >= 11 is 1.68. The summed E-state index contributed by atoms with van der Waals surface area (Å²) in [5, 5.41) is 6.27. The maximum absolute atomic E-state index is 12.5. The maximum Gasteiger partial charge on any atom is 0.317 e. The van der Waals surface area contributed by atoms with Gasteiger partial charge < -0.3 is 14.6 Å². The fourth-order valence-corrected chi connectivity index (χ4v) is 3.92. The zero-order valence-electron chi connectivity index (χ0n) is 14.3. The Balaban J connectivity index is 1.46. The number of likely N-dealkylation sites (tertiary alicyclic amines) is 1. The van der Waals surface area contributed by atoms with E-state index in [1.165, 1.54) is 0 Å². The van der Waals surface area contributed by atoms with Gasteiger partial charge in [-0.05, 0) is 45.2 Å². The monoisotopic (exact) mass is 347 g/mol. The third-order valence-corrected chi connectivity index (χ3v) is 5.44. The molecule has 2 atom stereocenters. The van der Waals surface area contributed by atoms with Crippen molar-refractivity contribution in [3.63, 3.8) is 0 Å². The molecular formula is C18H25N3O2S. The van der Waals surface area contributed by atoms with Crippen molar-refractivity contribution in [3.8, 4) is 0 Å². The number of carbonyl (C=O) groups is 1. The molecule has 0 aromatic carbocycles. The smallest absolute Gasteiger partial charge is 0.317 e. The lowest BCUT2D eigenvalue weighted by Crippen LogP contribution is -2.47. The molecule has 130 valence electrons. The standard InChI is InChI=1S/C18H25N3O2S/c1-13(5-7-16-8-6-14(2)23-16)20-18(22)21-10-3-4-15(12-21)17-19-9-11-24-17/h6,8-9,11,13,15H,3-5,7,10,12H2,1-2H3,(H,20,22)/t13-,15-/m1/s1. The van der Waals surface area contributed by atoms with Gasteiger partial charge in [0, 0.05) is 43.0 Å². The second-order valence-corrected chi connectivity index (χ2v) is 7.48. The highest BCUT2D eigenvalue weighted by molar-refractivity contribution is 7.09. The topological polar surface area (TPSA) is 58.4 Å². The van der Waals surface area contributed by atoms with Gasteiger partial charge in [0.2, 0.25) is 0 Å². The van der Waals surface area contributed by atoms with Gasteiger partial charge in [0.1, 0.15) is 11.5 Å². The normalized spacial score (nSPS) is 19.2. The summed E-state index contributed by atoms with van der Waals surface area (Å²) in [6.45, 7) is 5.60.